The monoisotopic (exact) mass is 227 g/mol. The topological polar surface area (TPSA) is 21.3 Å². The van der Waals surface area contributed by atoms with Gasteiger partial charge in [-0.2, -0.15) is 0 Å². The molecule has 1 rings (SSSR count). The maximum atomic E-state index is 6.02. The lowest BCUT2D eigenvalue weighted by molar-refractivity contribution is 0.406. The first-order valence-corrected chi connectivity index (χ1v) is 5.54. The van der Waals surface area contributed by atoms with Crippen molar-refractivity contribution in [1.29, 1.82) is 0 Å². The summed E-state index contributed by atoms with van der Waals surface area (Å²) in [5, 5.41) is 3.92. The largest absolute Gasteiger partial charge is 0.496 e. The molecule has 0 unspecified atom stereocenters. The van der Waals surface area contributed by atoms with Gasteiger partial charge < -0.3 is 10.1 Å². The molecule has 15 heavy (non-hydrogen) atoms. The zero-order chi connectivity index (χ0) is 11.3. The summed E-state index contributed by atoms with van der Waals surface area (Å²) in [6, 6.07) is 3.92. The highest BCUT2D eigenvalue weighted by Crippen LogP contribution is 2.28. The van der Waals surface area contributed by atoms with Crippen molar-refractivity contribution in [2.75, 3.05) is 20.7 Å². The minimum Gasteiger partial charge on any atom is -0.496 e. The average molecular weight is 228 g/mol. The number of ether oxygens (including phenoxy) is 1. The highest BCUT2D eigenvalue weighted by atomic mass is 35.5. The Labute approximate surface area is 96.6 Å². The molecular weight excluding hydrogens is 210 g/mol. The number of aryl methyl sites for hydroxylation is 2. The molecule has 0 aromatic heterocycles. The van der Waals surface area contributed by atoms with Crippen LogP contribution in [0, 0.1) is 6.92 Å². The van der Waals surface area contributed by atoms with Crippen LogP contribution in [-0.2, 0) is 6.42 Å². The molecule has 0 radical (unpaired) electrons. The van der Waals surface area contributed by atoms with Crippen LogP contribution in [0.1, 0.15) is 17.5 Å². The molecular formula is C12H18ClNO. The third kappa shape index (κ3) is 3.40. The lowest BCUT2D eigenvalue weighted by Crippen LogP contribution is -2.08. The number of benzene rings is 1. The molecule has 1 aromatic rings. The van der Waals surface area contributed by atoms with E-state index in [0.29, 0.717) is 0 Å². The van der Waals surface area contributed by atoms with Gasteiger partial charge in [0.15, 0.2) is 0 Å². The van der Waals surface area contributed by atoms with Crippen molar-refractivity contribution in [3.05, 3.63) is 28.3 Å². The summed E-state index contributed by atoms with van der Waals surface area (Å²) in [6.45, 7) is 3.03. The molecule has 84 valence electrons. The Morgan fingerprint density at radius 3 is 2.73 bits per heavy atom. The molecule has 0 aliphatic rings. The fraction of sp³-hybridized carbons (Fsp3) is 0.500. The summed E-state index contributed by atoms with van der Waals surface area (Å²) < 4.78 is 5.38. The predicted molar refractivity (Wildman–Crippen MR) is 65.0 cm³/mol. The molecule has 0 bridgehead atoms. The van der Waals surface area contributed by atoms with E-state index in [2.05, 4.69) is 5.32 Å². The SMILES string of the molecule is CNCCCc1cc(Cl)cc(C)c1OC. The lowest BCUT2D eigenvalue weighted by Gasteiger charge is -2.12. The van der Waals surface area contributed by atoms with Gasteiger partial charge in [-0.15, -0.1) is 0 Å². The molecule has 0 aliphatic heterocycles. The third-order valence-corrected chi connectivity index (χ3v) is 2.61. The van der Waals surface area contributed by atoms with Gasteiger partial charge in [0, 0.05) is 5.02 Å². The van der Waals surface area contributed by atoms with E-state index < -0.39 is 0 Å². The van der Waals surface area contributed by atoms with Crippen molar-refractivity contribution in [3.8, 4) is 5.75 Å². The third-order valence-electron chi connectivity index (χ3n) is 2.39. The summed E-state index contributed by atoms with van der Waals surface area (Å²) in [5.74, 6) is 0.968. The second-order valence-corrected chi connectivity index (χ2v) is 4.06. The number of hydrogen-bond donors (Lipinski definition) is 1. The highest BCUT2D eigenvalue weighted by Gasteiger charge is 2.07. The number of nitrogens with one attached hydrogen (secondary N) is 1. The van der Waals surface area contributed by atoms with E-state index in [1.165, 1.54) is 5.56 Å². The van der Waals surface area contributed by atoms with Crippen molar-refractivity contribution in [3.63, 3.8) is 0 Å². The Balaban J connectivity index is 2.84. The Morgan fingerprint density at radius 1 is 1.40 bits per heavy atom. The first kappa shape index (κ1) is 12.3. The zero-order valence-corrected chi connectivity index (χ0v) is 10.3. The van der Waals surface area contributed by atoms with E-state index in [9.17, 15) is 0 Å². The van der Waals surface area contributed by atoms with Crippen LogP contribution in [0.5, 0.6) is 5.75 Å². The summed E-state index contributed by atoms with van der Waals surface area (Å²) in [6.07, 6.45) is 2.08. The summed E-state index contributed by atoms with van der Waals surface area (Å²) in [4.78, 5) is 0. The molecule has 3 heteroatoms. The Morgan fingerprint density at radius 2 is 2.13 bits per heavy atom. The van der Waals surface area contributed by atoms with Crippen LogP contribution in [0.4, 0.5) is 0 Å². The maximum Gasteiger partial charge on any atom is 0.125 e. The maximum absolute atomic E-state index is 6.02. The minimum atomic E-state index is 0.785. The van der Waals surface area contributed by atoms with E-state index in [4.69, 9.17) is 16.3 Å². The van der Waals surface area contributed by atoms with Crippen LogP contribution < -0.4 is 10.1 Å². The second-order valence-electron chi connectivity index (χ2n) is 3.62. The molecule has 0 aliphatic carbocycles. The molecule has 0 saturated carbocycles. The van der Waals surface area contributed by atoms with E-state index in [1.807, 2.05) is 26.1 Å². The predicted octanol–water partition coefficient (Wildman–Crippen LogP) is 2.81. The number of hydrogen-bond acceptors (Lipinski definition) is 2. The second kappa shape index (κ2) is 5.99. The van der Waals surface area contributed by atoms with Crippen LogP contribution in [0.15, 0.2) is 12.1 Å². The lowest BCUT2D eigenvalue weighted by atomic mass is 10.1. The highest BCUT2D eigenvalue weighted by molar-refractivity contribution is 6.30. The van der Waals surface area contributed by atoms with Gasteiger partial charge in [0.1, 0.15) is 5.75 Å². The molecule has 0 spiro atoms. The number of halogens is 1. The van der Waals surface area contributed by atoms with E-state index >= 15 is 0 Å². The molecule has 0 fully saturated rings. The van der Waals surface area contributed by atoms with Crippen LogP contribution in [0.2, 0.25) is 5.02 Å². The van der Waals surface area contributed by atoms with Gasteiger partial charge in [0.2, 0.25) is 0 Å². The molecule has 1 aromatic carbocycles. The Bertz CT molecular complexity index is 326. The van der Waals surface area contributed by atoms with Crippen molar-refractivity contribution in [2.45, 2.75) is 19.8 Å². The molecule has 0 amide bonds. The van der Waals surface area contributed by atoms with Gasteiger partial charge in [-0.1, -0.05) is 11.6 Å². The summed E-state index contributed by atoms with van der Waals surface area (Å²) in [5.41, 5.74) is 2.29. The van der Waals surface area contributed by atoms with Crippen LogP contribution in [-0.4, -0.2) is 20.7 Å². The molecule has 2 nitrogen and oxygen atoms in total. The Kier molecular flexibility index (Phi) is 4.92. The summed E-state index contributed by atoms with van der Waals surface area (Å²) >= 11 is 6.02. The fourth-order valence-electron chi connectivity index (χ4n) is 1.73. The number of methoxy groups -OCH3 is 1. The fourth-order valence-corrected chi connectivity index (χ4v) is 2.03. The van der Waals surface area contributed by atoms with Gasteiger partial charge >= 0.3 is 0 Å². The molecule has 0 saturated heterocycles. The van der Waals surface area contributed by atoms with Crippen molar-refractivity contribution in [1.82, 2.24) is 5.32 Å². The van der Waals surface area contributed by atoms with Crippen LogP contribution in [0.25, 0.3) is 0 Å². The van der Waals surface area contributed by atoms with Crippen LogP contribution in [0.3, 0.4) is 0 Å². The normalized spacial score (nSPS) is 10.4. The minimum absolute atomic E-state index is 0.785. The zero-order valence-electron chi connectivity index (χ0n) is 9.56. The van der Waals surface area contributed by atoms with Gasteiger partial charge in [-0.3, -0.25) is 0 Å². The molecule has 1 N–H and O–H groups in total. The standard InChI is InChI=1S/C12H18ClNO/c1-9-7-11(13)8-10(12(9)15-3)5-4-6-14-2/h7-8,14H,4-6H2,1-3H3. The average Bonchev–Trinajstić information content (AvgIpc) is 2.17. The molecule has 0 heterocycles. The first-order valence-electron chi connectivity index (χ1n) is 5.16. The van der Waals surface area contributed by atoms with Gasteiger partial charge in [0.05, 0.1) is 7.11 Å². The smallest absolute Gasteiger partial charge is 0.125 e. The number of rotatable bonds is 5. The van der Waals surface area contributed by atoms with Gasteiger partial charge in [-0.05, 0) is 56.6 Å². The van der Waals surface area contributed by atoms with Crippen molar-refractivity contribution < 1.29 is 4.74 Å². The quantitative estimate of drug-likeness (QED) is 0.782. The van der Waals surface area contributed by atoms with E-state index in [-0.39, 0.29) is 0 Å². The van der Waals surface area contributed by atoms with Gasteiger partial charge in [-0.25, -0.2) is 0 Å². The van der Waals surface area contributed by atoms with Crippen LogP contribution >= 0.6 is 11.6 Å². The van der Waals surface area contributed by atoms with Crippen molar-refractivity contribution >= 4 is 11.6 Å². The Hall–Kier alpha value is -0.730. The first-order chi connectivity index (χ1) is 7.19. The molecule has 0 atom stereocenters. The van der Waals surface area contributed by atoms with E-state index in [0.717, 1.165) is 35.7 Å². The summed E-state index contributed by atoms with van der Waals surface area (Å²) in [7, 11) is 3.66. The van der Waals surface area contributed by atoms with Gasteiger partial charge in [0.25, 0.3) is 0 Å². The van der Waals surface area contributed by atoms with Crippen molar-refractivity contribution in [2.24, 2.45) is 0 Å². The van der Waals surface area contributed by atoms with E-state index in [1.54, 1.807) is 7.11 Å².